The molecule has 0 aliphatic heterocycles. The van der Waals surface area contributed by atoms with Gasteiger partial charge >= 0.3 is 11.9 Å². The molecule has 0 bridgehead atoms. The van der Waals surface area contributed by atoms with E-state index in [0.29, 0.717) is 12.1 Å². The summed E-state index contributed by atoms with van der Waals surface area (Å²) in [6.45, 7) is 4.11. The maximum Gasteiger partial charge on any atom is 0.336 e. The molecular weight excluding hydrogens is 246 g/mol. The average molecular weight is 265 g/mol. The number of carbonyl (C=O) groups is 2. The smallest absolute Gasteiger partial charge is 0.336 e. The van der Waals surface area contributed by atoms with Crippen molar-refractivity contribution in [3.63, 3.8) is 0 Å². The number of nitrogens with one attached hydrogen (secondary N) is 1. The van der Waals surface area contributed by atoms with Crippen LogP contribution in [0.25, 0.3) is 0 Å². The molecule has 0 radical (unpaired) electrons. The van der Waals surface area contributed by atoms with Crippen LogP contribution in [0.2, 0.25) is 0 Å². The van der Waals surface area contributed by atoms with Crippen LogP contribution in [0, 0.1) is 5.92 Å². The number of ether oxygens (including phenoxy) is 1. The van der Waals surface area contributed by atoms with E-state index in [4.69, 9.17) is 9.84 Å². The van der Waals surface area contributed by atoms with Crippen molar-refractivity contribution in [2.45, 2.75) is 26.4 Å². The Bertz CT molecular complexity index is 457. The number of benzene rings is 1. The van der Waals surface area contributed by atoms with E-state index in [-0.39, 0.29) is 17.5 Å². The van der Waals surface area contributed by atoms with Crippen LogP contribution in [0.3, 0.4) is 0 Å². The molecule has 19 heavy (non-hydrogen) atoms. The molecular formula is C14H19NO4. The summed E-state index contributed by atoms with van der Waals surface area (Å²) >= 11 is 0. The Morgan fingerprint density at radius 2 is 1.95 bits per heavy atom. The number of hydrogen-bond donors (Lipinski definition) is 2. The number of aromatic carboxylic acids is 1. The third kappa shape index (κ3) is 4.06. The fourth-order valence-electron chi connectivity index (χ4n) is 1.82. The molecule has 2 N–H and O–H groups in total. The summed E-state index contributed by atoms with van der Waals surface area (Å²) in [4.78, 5) is 22.7. The highest BCUT2D eigenvalue weighted by atomic mass is 16.5. The Morgan fingerprint density at radius 1 is 1.32 bits per heavy atom. The number of esters is 1. The number of methoxy groups -OCH3 is 1. The van der Waals surface area contributed by atoms with Crippen molar-refractivity contribution in [3.05, 3.63) is 35.4 Å². The van der Waals surface area contributed by atoms with Gasteiger partial charge < -0.3 is 15.2 Å². The molecule has 1 aromatic carbocycles. The van der Waals surface area contributed by atoms with Crippen LogP contribution in [0.5, 0.6) is 0 Å². The Kier molecular flexibility index (Phi) is 5.51. The lowest BCUT2D eigenvalue weighted by atomic mass is 10.0. The Hall–Kier alpha value is -1.88. The molecule has 0 saturated heterocycles. The number of rotatable bonds is 6. The van der Waals surface area contributed by atoms with Crippen LogP contribution in [0.4, 0.5) is 0 Å². The lowest BCUT2D eigenvalue weighted by Crippen LogP contribution is -2.41. The quantitative estimate of drug-likeness (QED) is 0.765. The summed E-state index contributed by atoms with van der Waals surface area (Å²) in [6.07, 6.45) is 0. The topological polar surface area (TPSA) is 75.6 Å². The van der Waals surface area contributed by atoms with Crippen molar-refractivity contribution in [2.24, 2.45) is 5.92 Å². The number of carboxylic acids is 1. The van der Waals surface area contributed by atoms with Crippen molar-refractivity contribution >= 4 is 11.9 Å². The molecule has 0 saturated carbocycles. The monoisotopic (exact) mass is 265 g/mol. The van der Waals surface area contributed by atoms with Crippen LogP contribution in [0.1, 0.15) is 29.8 Å². The van der Waals surface area contributed by atoms with Crippen LogP contribution < -0.4 is 5.32 Å². The third-order valence-electron chi connectivity index (χ3n) is 2.88. The standard InChI is InChI=1S/C14H19NO4/c1-9(2)12(14(18)19-3)15-8-10-6-4-5-7-11(10)13(16)17/h4-7,9,12,15H,8H2,1-3H3,(H,16,17). The van der Waals surface area contributed by atoms with Crippen LogP contribution >= 0.6 is 0 Å². The summed E-state index contributed by atoms with van der Waals surface area (Å²) in [6, 6.07) is 6.26. The minimum Gasteiger partial charge on any atom is -0.478 e. The summed E-state index contributed by atoms with van der Waals surface area (Å²) < 4.78 is 4.72. The molecule has 1 unspecified atom stereocenters. The van der Waals surface area contributed by atoms with Gasteiger partial charge in [0.25, 0.3) is 0 Å². The summed E-state index contributed by atoms with van der Waals surface area (Å²) in [7, 11) is 1.34. The van der Waals surface area contributed by atoms with Crippen molar-refractivity contribution in [3.8, 4) is 0 Å². The summed E-state index contributed by atoms with van der Waals surface area (Å²) in [5.74, 6) is -1.26. The third-order valence-corrected chi connectivity index (χ3v) is 2.88. The van der Waals surface area contributed by atoms with E-state index in [9.17, 15) is 9.59 Å². The van der Waals surface area contributed by atoms with Crippen molar-refractivity contribution in [2.75, 3.05) is 7.11 Å². The molecule has 1 atom stereocenters. The first-order chi connectivity index (χ1) is 8.97. The van der Waals surface area contributed by atoms with Gasteiger partial charge in [0.2, 0.25) is 0 Å². The molecule has 104 valence electrons. The fraction of sp³-hybridized carbons (Fsp3) is 0.429. The molecule has 0 heterocycles. The lowest BCUT2D eigenvalue weighted by molar-refractivity contribution is -0.144. The van der Waals surface area contributed by atoms with E-state index in [1.807, 2.05) is 13.8 Å². The van der Waals surface area contributed by atoms with Gasteiger partial charge in [-0.1, -0.05) is 32.0 Å². The maximum atomic E-state index is 11.6. The first-order valence-electron chi connectivity index (χ1n) is 6.09. The molecule has 1 rings (SSSR count). The molecule has 0 amide bonds. The molecule has 0 fully saturated rings. The predicted octanol–water partition coefficient (Wildman–Crippen LogP) is 1.67. The van der Waals surface area contributed by atoms with E-state index in [2.05, 4.69) is 5.32 Å². The van der Waals surface area contributed by atoms with Gasteiger partial charge in [-0.15, -0.1) is 0 Å². The van der Waals surface area contributed by atoms with E-state index in [1.165, 1.54) is 7.11 Å². The van der Waals surface area contributed by atoms with Gasteiger partial charge in [0.15, 0.2) is 0 Å². The second-order valence-corrected chi connectivity index (χ2v) is 4.59. The van der Waals surface area contributed by atoms with Gasteiger partial charge in [-0.05, 0) is 17.5 Å². The summed E-state index contributed by atoms with van der Waals surface area (Å²) in [5, 5.41) is 12.1. The van der Waals surface area contributed by atoms with E-state index in [0.717, 1.165) is 0 Å². The largest absolute Gasteiger partial charge is 0.478 e. The lowest BCUT2D eigenvalue weighted by Gasteiger charge is -2.20. The Balaban J connectivity index is 2.80. The van der Waals surface area contributed by atoms with E-state index >= 15 is 0 Å². The van der Waals surface area contributed by atoms with Crippen LogP contribution in [-0.4, -0.2) is 30.2 Å². The number of carboxylic acid groups (broad SMARTS) is 1. The molecule has 0 aliphatic carbocycles. The van der Waals surface area contributed by atoms with Gasteiger partial charge in [0.05, 0.1) is 12.7 Å². The average Bonchev–Trinajstić information content (AvgIpc) is 2.38. The van der Waals surface area contributed by atoms with E-state index in [1.54, 1.807) is 24.3 Å². The highest BCUT2D eigenvalue weighted by molar-refractivity contribution is 5.89. The zero-order valence-corrected chi connectivity index (χ0v) is 11.3. The highest BCUT2D eigenvalue weighted by Gasteiger charge is 2.22. The molecule has 1 aromatic rings. The van der Waals surface area contributed by atoms with Crippen LogP contribution in [-0.2, 0) is 16.1 Å². The molecule has 5 heteroatoms. The molecule has 0 aromatic heterocycles. The van der Waals surface area contributed by atoms with Crippen molar-refractivity contribution < 1.29 is 19.4 Å². The summed E-state index contributed by atoms with van der Waals surface area (Å²) in [5.41, 5.74) is 0.881. The number of hydrogen-bond acceptors (Lipinski definition) is 4. The van der Waals surface area contributed by atoms with Gasteiger partial charge in [-0.25, -0.2) is 4.79 Å². The first-order valence-corrected chi connectivity index (χ1v) is 6.09. The molecule has 5 nitrogen and oxygen atoms in total. The highest BCUT2D eigenvalue weighted by Crippen LogP contribution is 2.10. The van der Waals surface area contributed by atoms with Gasteiger partial charge in [0, 0.05) is 6.54 Å². The molecule has 0 spiro atoms. The minimum atomic E-state index is -0.975. The fourth-order valence-corrected chi connectivity index (χ4v) is 1.82. The normalized spacial score (nSPS) is 12.2. The van der Waals surface area contributed by atoms with Gasteiger partial charge in [-0.3, -0.25) is 4.79 Å². The number of carbonyl (C=O) groups excluding carboxylic acids is 1. The zero-order valence-electron chi connectivity index (χ0n) is 11.3. The second-order valence-electron chi connectivity index (χ2n) is 4.59. The van der Waals surface area contributed by atoms with Crippen LogP contribution in [0.15, 0.2) is 24.3 Å². The van der Waals surface area contributed by atoms with Crippen molar-refractivity contribution in [1.82, 2.24) is 5.32 Å². The van der Waals surface area contributed by atoms with Gasteiger partial charge in [0.1, 0.15) is 6.04 Å². The Morgan fingerprint density at radius 3 is 2.47 bits per heavy atom. The van der Waals surface area contributed by atoms with Crippen molar-refractivity contribution in [1.29, 1.82) is 0 Å². The second kappa shape index (κ2) is 6.89. The van der Waals surface area contributed by atoms with E-state index < -0.39 is 12.0 Å². The first kappa shape index (κ1) is 15.2. The SMILES string of the molecule is COC(=O)C(NCc1ccccc1C(=O)O)C(C)C. The van der Waals surface area contributed by atoms with Gasteiger partial charge in [-0.2, -0.15) is 0 Å². The zero-order chi connectivity index (χ0) is 14.4. The maximum absolute atomic E-state index is 11.6. The molecule has 0 aliphatic rings. The Labute approximate surface area is 112 Å². The predicted molar refractivity (Wildman–Crippen MR) is 70.9 cm³/mol. The minimum absolute atomic E-state index is 0.0597.